The summed E-state index contributed by atoms with van der Waals surface area (Å²) in [5, 5.41) is 3.85. The Morgan fingerprint density at radius 2 is 2.00 bits per heavy atom. The first-order chi connectivity index (χ1) is 9.15. The van der Waals surface area contributed by atoms with Crippen molar-refractivity contribution in [3.8, 4) is 0 Å². The Hall–Kier alpha value is -1.06. The van der Waals surface area contributed by atoms with Crippen LogP contribution in [0.5, 0.6) is 0 Å². The third-order valence-electron chi connectivity index (χ3n) is 4.34. The Morgan fingerprint density at radius 1 is 1.37 bits per heavy atom. The highest BCUT2D eigenvalue weighted by atomic mass is 35.5. The molecular formula is C15H19ClN2O. The largest absolute Gasteiger partial charge is 0.351 e. The average molecular weight is 279 g/mol. The molecule has 3 rings (SSSR count). The predicted molar refractivity (Wildman–Crippen MR) is 76.1 cm³/mol. The van der Waals surface area contributed by atoms with Gasteiger partial charge < -0.3 is 11.1 Å². The number of nitrogens with one attached hydrogen (secondary N) is 1. The molecule has 0 radical (unpaired) electrons. The van der Waals surface area contributed by atoms with E-state index in [4.69, 9.17) is 17.3 Å². The van der Waals surface area contributed by atoms with Gasteiger partial charge in [-0.2, -0.15) is 0 Å². The molecule has 102 valence electrons. The van der Waals surface area contributed by atoms with Gasteiger partial charge in [-0.25, -0.2) is 0 Å². The lowest BCUT2D eigenvalue weighted by Gasteiger charge is -2.21. The first kappa shape index (κ1) is 12.9. The van der Waals surface area contributed by atoms with Crippen LogP contribution in [0.1, 0.15) is 31.2 Å². The van der Waals surface area contributed by atoms with Crippen molar-refractivity contribution in [3.05, 3.63) is 34.9 Å². The zero-order valence-corrected chi connectivity index (χ0v) is 11.6. The SMILES string of the molecule is NCC(NC(=O)C1(c2ccc(Cl)cc2)CC1)C1CC1. The summed E-state index contributed by atoms with van der Waals surface area (Å²) in [7, 11) is 0. The number of hydrogen-bond acceptors (Lipinski definition) is 2. The fourth-order valence-corrected chi connectivity index (χ4v) is 2.84. The highest BCUT2D eigenvalue weighted by molar-refractivity contribution is 6.30. The van der Waals surface area contributed by atoms with Crippen LogP contribution < -0.4 is 11.1 Å². The average Bonchev–Trinajstić information content (AvgIpc) is 3.29. The first-order valence-corrected chi connectivity index (χ1v) is 7.30. The van der Waals surface area contributed by atoms with Gasteiger partial charge in [0.2, 0.25) is 5.91 Å². The van der Waals surface area contributed by atoms with Gasteiger partial charge in [0.1, 0.15) is 0 Å². The van der Waals surface area contributed by atoms with Crippen molar-refractivity contribution < 1.29 is 4.79 Å². The summed E-state index contributed by atoms with van der Waals surface area (Å²) in [6.45, 7) is 0.535. The Labute approximate surface area is 118 Å². The minimum absolute atomic E-state index is 0.136. The van der Waals surface area contributed by atoms with Gasteiger partial charge in [0.25, 0.3) is 0 Å². The van der Waals surface area contributed by atoms with Crippen LogP contribution in [0.2, 0.25) is 5.02 Å². The lowest BCUT2D eigenvalue weighted by molar-refractivity contribution is -0.124. The van der Waals surface area contributed by atoms with Gasteiger partial charge in [0, 0.05) is 17.6 Å². The van der Waals surface area contributed by atoms with Gasteiger partial charge in [0.15, 0.2) is 0 Å². The molecule has 1 aromatic carbocycles. The summed E-state index contributed by atoms with van der Waals surface area (Å²) in [5.74, 6) is 0.729. The van der Waals surface area contributed by atoms with Crippen LogP contribution in [0.25, 0.3) is 0 Å². The molecule has 1 aromatic rings. The Morgan fingerprint density at radius 3 is 2.47 bits per heavy atom. The van der Waals surface area contributed by atoms with Crippen molar-refractivity contribution in [2.75, 3.05) is 6.54 Å². The summed E-state index contributed by atoms with van der Waals surface area (Å²) in [6.07, 6.45) is 4.22. The second-order valence-electron chi connectivity index (χ2n) is 5.74. The number of hydrogen-bond donors (Lipinski definition) is 2. The summed E-state index contributed by atoms with van der Waals surface area (Å²) >= 11 is 5.90. The second-order valence-corrected chi connectivity index (χ2v) is 6.18. The van der Waals surface area contributed by atoms with Gasteiger partial charge in [-0.15, -0.1) is 0 Å². The third-order valence-corrected chi connectivity index (χ3v) is 4.59. The molecule has 0 aromatic heterocycles. The van der Waals surface area contributed by atoms with Crippen LogP contribution in [0.3, 0.4) is 0 Å². The number of nitrogens with two attached hydrogens (primary N) is 1. The number of halogens is 1. The van der Waals surface area contributed by atoms with Gasteiger partial charge in [-0.3, -0.25) is 4.79 Å². The topological polar surface area (TPSA) is 55.1 Å². The smallest absolute Gasteiger partial charge is 0.230 e. The molecule has 1 unspecified atom stereocenters. The Balaban J connectivity index is 1.73. The number of amides is 1. The van der Waals surface area contributed by atoms with Crippen molar-refractivity contribution in [1.82, 2.24) is 5.32 Å². The van der Waals surface area contributed by atoms with Crippen molar-refractivity contribution in [1.29, 1.82) is 0 Å². The van der Waals surface area contributed by atoms with E-state index in [0.717, 1.165) is 18.4 Å². The lowest BCUT2D eigenvalue weighted by atomic mass is 9.94. The van der Waals surface area contributed by atoms with Crippen LogP contribution in [-0.2, 0) is 10.2 Å². The summed E-state index contributed by atoms with van der Waals surface area (Å²) in [6, 6.07) is 7.78. The highest BCUT2D eigenvalue weighted by Crippen LogP contribution is 2.49. The summed E-state index contributed by atoms with van der Waals surface area (Å²) in [5.41, 5.74) is 6.50. The normalized spacial score (nSPS) is 21.8. The van der Waals surface area contributed by atoms with E-state index in [0.29, 0.717) is 17.5 Å². The van der Waals surface area contributed by atoms with E-state index in [2.05, 4.69) is 5.32 Å². The molecule has 2 fully saturated rings. The van der Waals surface area contributed by atoms with Crippen molar-refractivity contribution in [3.63, 3.8) is 0 Å². The Kier molecular flexibility index (Phi) is 3.27. The predicted octanol–water partition coefficient (Wildman–Crippen LogP) is 2.23. The molecule has 0 bridgehead atoms. The second kappa shape index (κ2) is 4.80. The van der Waals surface area contributed by atoms with Gasteiger partial charge in [-0.1, -0.05) is 23.7 Å². The van der Waals surface area contributed by atoms with Crippen molar-refractivity contribution in [2.45, 2.75) is 37.1 Å². The van der Waals surface area contributed by atoms with E-state index in [1.165, 1.54) is 12.8 Å². The lowest BCUT2D eigenvalue weighted by Crippen LogP contribution is -2.46. The standard InChI is InChI=1S/C15H19ClN2O/c16-12-5-3-11(4-6-12)15(7-8-15)14(19)18-13(9-17)10-1-2-10/h3-6,10,13H,1-2,7-9,17H2,(H,18,19). The van der Waals surface area contributed by atoms with Crippen LogP contribution in [0.4, 0.5) is 0 Å². The van der Waals surface area contributed by atoms with E-state index in [9.17, 15) is 4.79 Å². The minimum atomic E-state index is -0.326. The molecule has 4 heteroatoms. The van der Waals surface area contributed by atoms with E-state index in [1.54, 1.807) is 0 Å². The fourth-order valence-electron chi connectivity index (χ4n) is 2.72. The molecule has 0 saturated heterocycles. The zero-order chi connectivity index (χ0) is 13.5. The maximum atomic E-state index is 12.5. The molecule has 0 aliphatic heterocycles. The van der Waals surface area contributed by atoms with Crippen LogP contribution in [-0.4, -0.2) is 18.5 Å². The van der Waals surface area contributed by atoms with Gasteiger partial charge >= 0.3 is 0 Å². The number of carbonyl (C=O) groups is 1. The fraction of sp³-hybridized carbons (Fsp3) is 0.533. The maximum Gasteiger partial charge on any atom is 0.230 e. The molecule has 19 heavy (non-hydrogen) atoms. The van der Waals surface area contributed by atoms with Crippen LogP contribution in [0.15, 0.2) is 24.3 Å². The molecule has 3 N–H and O–H groups in total. The highest BCUT2D eigenvalue weighted by Gasteiger charge is 2.52. The van der Waals surface area contributed by atoms with E-state index >= 15 is 0 Å². The quantitative estimate of drug-likeness (QED) is 0.868. The molecule has 2 aliphatic rings. The van der Waals surface area contributed by atoms with E-state index in [1.807, 2.05) is 24.3 Å². The van der Waals surface area contributed by atoms with Gasteiger partial charge in [0.05, 0.1) is 5.41 Å². The van der Waals surface area contributed by atoms with E-state index in [-0.39, 0.29) is 17.4 Å². The zero-order valence-electron chi connectivity index (χ0n) is 10.9. The summed E-state index contributed by atoms with van der Waals surface area (Å²) in [4.78, 5) is 12.5. The molecule has 0 spiro atoms. The molecule has 3 nitrogen and oxygen atoms in total. The molecule has 1 amide bonds. The molecular weight excluding hydrogens is 260 g/mol. The van der Waals surface area contributed by atoms with Crippen molar-refractivity contribution in [2.24, 2.45) is 11.7 Å². The Bertz CT molecular complexity index is 477. The first-order valence-electron chi connectivity index (χ1n) is 6.93. The van der Waals surface area contributed by atoms with Crippen LogP contribution >= 0.6 is 11.6 Å². The third kappa shape index (κ3) is 2.49. The maximum absolute atomic E-state index is 12.5. The molecule has 2 aliphatic carbocycles. The van der Waals surface area contributed by atoms with Gasteiger partial charge in [-0.05, 0) is 49.3 Å². The molecule has 1 atom stereocenters. The van der Waals surface area contributed by atoms with Crippen molar-refractivity contribution >= 4 is 17.5 Å². The van der Waals surface area contributed by atoms with Crippen LogP contribution in [0, 0.1) is 5.92 Å². The number of rotatable bonds is 5. The molecule has 2 saturated carbocycles. The van der Waals surface area contributed by atoms with E-state index < -0.39 is 0 Å². The summed E-state index contributed by atoms with van der Waals surface area (Å²) < 4.78 is 0. The molecule has 0 heterocycles. The monoisotopic (exact) mass is 278 g/mol. The minimum Gasteiger partial charge on any atom is -0.351 e. The number of benzene rings is 1. The number of carbonyl (C=O) groups excluding carboxylic acids is 1.